The van der Waals surface area contributed by atoms with E-state index in [1.807, 2.05) is 77.2 Å². The van der Waals surface area contributed by atoms with Crippen molar-refractivity contribution in [3.05, 3.63) is 87.8 Å². The molecule has 9 nitrogen and oxygen atoms in total. The highest BCUT2D eigenvalue weighted by molar-refractivity contribution is 6.36. The van der Waals surface area contributed by atoms with Gasteiger partial charge in [-0.3, -0.25) is 19.3 Å². The van der Waals surface area contributed by atoms with Gasteiger partial charge in [-0.2, -0.15) is 0 Å². The van der Waals surface area contributed by atoms with E-state index in [4.69, 9.17) is 21.3 Å². The SMILES string of the molecule is C/C=C1\N(C)C=C(C(=O)Nc2cccc(-c3cccc(-c4cc5c(c(OC)n4)C(C)CC5)c3Cl)c2CC)C(=O)N1C.CC.CCC(C)CCC1(CC)CCC(=O)N1. The van der Waals surface area contributed by atoms with Gasteiger partial charge in [0.05, 0.1) is 17.8 Å². The van der Waals surface area contributed by atoms with Crippen molar-refractivity contribution in [1.82, 2.24) is 20.1 Å². The Hall–Kier alpha value is -4.63. The summed E-state index contributed by atoms with van der Waals surface area (Å²) in [6, 6.07) is 13.8. The average molecular weight is 799 g/mol. The third-order valence-electron chi connectivity index (χ3n) is 11.8. The number of methoxy groups -OCH3 is 1. The fourth-order valence-corrected chi connectivity index (χ4v) is 8.43. The minimum Gasteiger partial charge on any atom is -0.481 e. The van der Waals surface area contributed by atoms with Crippen LogP contribution >= 0.6 is 11.6 Å². The topological polar surface area (TPSA) is 104 Å². The zero-order valence-corrected chi connectivity index (χ0v) is 36.8. The van der Waals surface area contributed by atoms with Crippen LogP contribution < -0.4 is 15.4 Å². The molecule has 10 heteroatoms. The van der Waals surface area contributed by atoms with E-state index in [1.165, 1.54) is 28.9 Å². The standard InChI is InChI=1S/C33H35ClN4O3.C12H23NO.C2H6/c1-7-21-22(11-10-14-26(21)35-31(39)25-18-37(4)28(8-2)38(5)33(25)40)23-12-9-13-24(30(23)34)27-17-20-16-15-19(3)29(20)32(36-27)41-6;1-4-10(3)6-8-12(5-2)9-7-11(14)13-12;1-2/h8-14,17-19H,7,15-16H2,1-6H3,(H,35,39);10H,4-9H2,1-3H3,(H,13,14);1-2H3/b28-8+;;. The number of allylic oxidation sites excluding steroid dienone is 1. The van der Waals surface area contributed by atoms with E-state index < -0.39 is 5.91 Å². The molecule has 0 spiro atoms. The van der Waals surface area contributed by atoms with Crippen LogP contribution in [0.1, 0.15) is 123 Å². The van der Waals surface area contributed by atoms with Crippen LogP contribution in [-0.4, -0.2) is 59.2 Å². The van der Waals surface area contributed by atoms with Gasteiger partial charge in [-0.05, 0) is 98.6 Å². The minimum atomic E-state index is -0.459. The number of aryl methyl sites for hydroxylation is 1. The lowest BCUT2D eigenvalue weighted by Gasteiger charge is -2.32. The van der Waals surface area contributed by atoms with Gasteiger partial charge in [-0.25, -0.2) is 4.98 Å². The number of carbonyl (C=O) groups excluding carboxylic acids is 3. The molecule has 1 saturated heterocycles. The molecule has 0 saturated carbocycles. The number of halogens is 1. The third-order valence-corrected chi connectivity index (χ3v) is 12.2. The Morgan fingerprint density at radius 1 is 1.09 bits per heavy atom. The molecule has 2 aromatic carbocycles. The van der Waals surface area contributed by atoms with Gasteiger partial charge in [0.15, 0.2) is 0 Å². The molecule has 1 aromatic heterocycles. The number of ether oxygens (including phenoxy) is 1. The minimum absolute atomic E-state index is 0.0686. The van der Waals surface area contributed by atoms with Crippen molar-refractivity contribution in [3.8, 4) is 28.3 Å². The second kappa shape index (κ2) is 20.2. The number of hydrogen-bond acceptors (Lipinski definition) is 6. The molecule has 2 N–H and O–H groups in total. The van der Waals surface area contributed by atoms with Crippen LogP contribution in [-0.2, 0) is 27.2 Å². The van der Waals surface area contributed by atoms with Crippen molar-refractivity contribution in [1.29, 1.82) is 0 Å². The predicted molar refractivity (Wildman–Crippen MR) is 234 cm³/mol. The maximum atomic E-state index is 13.3. The number of anilines is 1. The highest BCUT2D eigenvalue weighted by atomic mass is 35.5. The molecule has 0 bridgehead atoms. The normalized spacial score (nSPS) is 19.8. The van der Waals surface area contributed by atoms with Crippen LogP contribution in [0, 0.1) is 5.92 Å². The first kappa shape index (κ1) is 45.1. The zero-order chi connectivity index (χ0) is 42.0. The Morgan fingerprint density at radius 2 is 1.77 bits per heavy atom. The maximum absolute atomic E-state index is 13.3. The molecule has 3 aromatic rings. The molecule has 3 unspecified atom stereocenters. The van der Waals surface area contributed by atoms with Gasteiger partial charge in [0.1, 0.15) is 11.4 Å². The van der Waals surface area contributed by atoms with Gasteiger partial charge < -0.3 is 20.3 Å². The van der Waals surface area contributed by atoms with Gasteiger partial charge in [-0.1, -0.05) is 96.8 Å². The number of nitrogens with one attached hydrogen (secondary N) is 2. The van der Waals surface area contributed by atoms with Crippen LogP contribution in [0.2, 0.25) is 5.02 Å². The van der Waals surface area contributed by atoms with Gasteiger partial charge in [0.2, 0.25) is 11.8 Å². The van der Waals surface area contributed by atoms with E-state index in [0.29, 0.717) is 34.7 Å². The second-order valence-corrected chi connectivity index (χ2v) is 15.6. The van der Waals surface area contributed by atoms with Crippen LogP contribution in [0.25, 0.3) is 22.4 Å². The number of aromatic nitrogens is 1. The fourth-order valence-electron chi connectivity index (χ4n) is 8.11. The monoisotopic (exact) mass is 797 g/mol. The molecule has 3 atom stereocenters. The van der Waals surface area contributed by atoms with Gasteiger partial charge >= 0.3 is 0 Å². The Morgan fingerprint density at radius 3 is 2.39 bits per heavy atom. The molecule has 0 radical (unpaired) electrons. The van der Waals surface area contributed by atoms with Crippen molar-refractivity contribution in [2.24, 2.45) is 5.92 Å². The highest BCUT2D eigenvalue weighted by Gasteiger charge is 2.35. The molecule has 1 aliphatic carbocycles. The number of nitrogens with zero attached hydrogens (tertiary/aromatic N) is 3. The quantitative estimate of drug-likeness (QED) is 0.187. The van der Waals surface area contributed by atoms with Gasteiger partial charge in [0, 0.05) is 54.6 Å². The summed E-state index contributed by atoms with van der Waals surface area (Å²) < 4.78 is 5.68. The Labute approximate surface area is 346 Å². The summed E-state index contributed by atoms with van der Waals surface area (Å²) in [5, 5.41) is 6.73. The highest BCUT2D eigenvalue weighted by Crippen LogP contribution is 2.43. The van der Waals surface area contributed by atoms with E-state index in [-0.39, 0.29) is 22.9 Å². The molecule has 2 aliphatic heterocycles. The first-order valence-electron chi connectivity index (χ1n) is 20.8. The van der Waals surface area contributed by atoms with E-state index >= 15 is 0 Å². The summed E-state index contributed by atoms with van der Waals surface area (Å²) in [6.07, 6.45) is 12.6. The van der Waals surface area contributed by atoms with Gasteiger partial charge in [-0.15, -0.1) is 0 Å². The molecule has 57 heavy (non-hydrogen) atoms. The smallest absolute Gasteiger partial charge is 0.266 e. The first-order chi connectivity index (χ1) is 27.3. The number of fused-ring (bicyclic) bond motifs is 1. The van der Waals surface area contributed by atoms with E-state index in [2.05, 4.69) is 44.4 Å². The summed E-state index contributed by atoms with van der Waals surface area (Å²) in [7, 11) is 5.13. The van der Waals surface area contributed by atoms with Crippen LogP contribution in [0.4, 0.5) is 5.69 Å². The number of hydrogen-bond donors (Lipinski definition) is 2. The third kappa shape index (κ3) is 9.92. The van der Waals surface area contributed by atoms with E-state index in [0.717, 1.165) is 72.4 Å². The van der Waals surface area contributed by atoms with E-state index in [9.17, 15) is 14.4 Å². The molecule has 1 fully saturated rings. The Balaban J connectivity index is 0.000000379. The Kier molecular flexibility index (Phi) is 16.0. The number of amides is 3. The summed E-state index contributed by atoms with van der Waals surface area (Å²) in [5.41, 5.74) is 7.57. The van der Waals surface area contributed by atoms with Crippen molar-refractivity contribution in [2.75, 3.05) is 26.5 Å². The largest absolute Gasteiger partial charge is 0.481 e. The van der Waals surface area contributed by atoms with Gasteiger partial charge in [0.25, 0.3) is 11.8 Å². The second-order valence-electron chi connectivity index (χ2n) is 15.2. The predicted octanol–water partition coefficient (Wildman–Crippen LogP) is 10.7. The molecule has 308 valence electrons. The number of benzene rings is 2. The Bertz CT molecular complexity index is 1990. The van der Waals surface area contributed by atoms with Crippen molar-refractivity contribution >= 4 is 35.0 Å². The van der Waals surface area contributed by atoms with Crippen LogP contribution in [0.15, 0.2) is 66.1 Å². The van der Waals surface area contributed by atoms with Crippen molar-refractivity contribution < 1.29 is 19.1 Å². The number of likely N-dealkylation sites (N-methyl/N-ethyl adjacent to an activating group) is 1. The molecular formula is C47H64ClN5O4. The molecule has 3 amide bonds. The molecular weight excluding hydrogens is 734 g/mol. The molecule has 3 aliphatic rings. The van der Waals surface area contributed by atoms with Crippen molar-refractivity contribution in [2.45, 2.75) is 125 Å². The number of rotatable bonds is 11. The summed E-state index contributed by atoms with van der Waals surface area (Å²) >= 11 is 7.10. The first-order valence-corrected chi connectivity index (χ1v) is 21.2. The lowest BCUT2D eigenvalue weighted by atomic mass is 9.85. The summed E-state index contributed by atoms with van der Waals surface area (Å²) in [6.45, 7) is 16.8. The lowest BCUT2D eigenvalue weighted by Crippen LogP contribution is -2.41. The number of pyridine rings is 1. The lowest BCUT2D eigenvalue weighted by molar-refractivity contribution is -0.128. The van der Waals surface area contributed by atoms with Crippen LogP contribution in [0.5, 0.6) is 5.88 Å². The van der Waals surface area contributed by atoms with Crippen molar-refractivity contribution in [3.63, 3.8) is 0 Å². The molecule has 6 rings (SSSR count). The van der Waals surface area contributed by atoms with E-state index in [1.54, 1.807) is 25.3 Å². The molecule has 3 heterocycles. The summed E-state index contributed by atoms with van der Waals surface area (Å²) in [4.78, 5) is 45.6. The fraction of sp³-hybridized carbons (Fsp3) is 0.489. The average Bonchev–Trinajstić information content (AvgIpc) is 3.80. The zero-order valence-electron chi connectivity index (χ0n) is 36.1. The number of carbonyl (C=O) groups is 3. The van der Waals surface area contributed by atoms with Crippen LogP contribution in [0.3, 0.4) is 0 Å². The summed E-state index contributed by atoms with van der Waals surface area (Å²) in [5.74, 6) is 2.00. The maximum Gasteiger partial charge on any atom is 0.266 e.